The molecule has 0 bridgehead atoms. The van der Waals surface area contributed by atoms with Crippen LogP contribution in [-0.4, -0.2) is 31.1 Å². The minimum Gasteiger partial charge on any atom is -0.271 e. The third kappa shape index (κ3) is 7.99. The van der Waals surface area contributed by atoms with Crippen LogP contribution in [0.1, 0.15) is 25.0 Å². The van der Waals surface area contributed by atoms with Crippen LogP contribution in [0.15, 0.2) is 105 Å². The Morgan fingerprint density at radius 1 is 0.556 bits per heavy atom. The fourth-order valence-electron chi connectivity index (χ4n) is 3.84. The van der Waals surface area contributed by atoms with Gasteiger partial charge < -0.3 is 0 Å². The summed E-state index contributed by atoms with van der Waals surface area (Å²) in [7, 11) is 0. The highest BCUT2D eigenvalue weighted by Crippen LogP contribution is 2.31. The number of non-ortho nitro benzene ring substituents is 2. The summed E-state index contributed by atoms with van der Waals surface area (Å²) in [5, 5.41) is 52.9. The summed E-state index contributed by atoms with van der Waals surface area (Å²) in [6, 6.07) is 21.4. The Morgan fingerprint density at radius 2 is 0.911 bits per heavy atom. The number of nitro benzene ring substituents is 4. The second-order valence-corrected chi connectivity index (χ2v) is 10.3. The van der Waals surface area contributed by atoms with Gasteiger partial charge in [0.1, 0.15) is 11.4 Å². The molecule has 0 saturated heterocycles. The minimum atomic E-state index is -0.723. The monoisotopic (exact) mass is 630 g/mol. The molecule has 4 aromatic rings. The van der Waals surface area contributed by atoms with Crippen molar-refractivity contribution in [2.24, 2.45) is 10.2 Å². The second kappa shape index (κ2) is 13.8. The number of hydrogen-bond acceptors (Lipinski definition) is 13. The molecular formula is C28H22N8O8S. The molecule has 17 heteroatoms. The van der Waals surface area contributed by atoms with Gasteiger partial charge in [0.25, 0.3) is 11.4 Å². The first-order chi connectivity index (χ1) is 21.4. The van der Waals surface area contributed by atoms with Crippen molar-refractivity contribution in [1.82, 2.24) is 0 Å². The van der Waals surface area contributed by atoms with Crippen LogP contribution in [0.3, 0.4) is 0 Å². The van der Waals surface area contributed by atoms with Crippen molar-refractivity contribution in [3.8, 4) is 0 Å². The Kier molecular flexibility index (Phi) is 9.74. The predicted molar refractivity (Wildman–Crippen MR) is 168 cm³/mol. The third-order valence-electron chi connectivity index (χ3n) is 6.25. The van der Waals surface area contributed by atoms with E-state index in [1.807, 2.05) is 48.5 Å². The quantitative estimate of drug-likeness (QED) is 0.0908. The zero-order valence-electron chi connectivity index (χ0n) is 23.4. The highest BCUT2D eigenvalue weighted by atomic mass is 32.2. The van der Waals surface area contributed by atoms with Crippen molar-refractivity contribution in [3.05, 3.63) is 137 Å². The van der Waals surface area contributed by atoms with Crippen LogP contribution >= 0.6 is 11.8 Å². The predicted octanol–water partition coefficient (Wildman–Crippen LogP) is 7.14. The fraction of sp³-hybridized carbons (Fsp3) is 0.0714. The van der Waals surface area contributed by atoms with Crippen molar-refractivity contribution in [2.45, 2.75) is 23.6 Å². The summed E-state index contributed by atoms with van der Waals surface area (Å²) in [4.78, 5) is 43.5. The molecule has 4 rings (SSSR count). The largest absolute Gasteiger partial charge is 0.301 e. The summed E-state index contributed by atoms with van der Waals surface area (Å²) >= 11 is 1.50. The average Bonchev–Trinajstić information content (AvgIpc) is 3.02. The van der Waals surface area contributed by atoms with Gasteiger partial charge in [-0.15, -0.1) is 0 Å². The lowest BCUT2D eigenvalue weighted by molar-refractivity contribution is -0.393. The molecule has 16 nitrogen and oxygen atoms in total. The summed E-state index contributed by atoms with van der Waals surface area (Å²) in [6.07, 6.45) is 0. The molecule has 0 aromatic heterocycles. The molecule has 0 atom stereocenters. The molecule has 0 heterocycles. The molecule has 0 spiro atoms. The van der Waals surface area contributed by atoms with E-state index in [0.717, 1.165) is 45.2 Å². The van der Waals surface area contributed by atoms with Gasteiger partial charge in [-0.05, 0) is 61.4 Å². The number of anilines is 2. The third-order valence-corrected chi connectivity index (χ3v) is 7.26. The Labute approximate surface area is 258 Å². The number of hydrogen-bond donors (Lipinski definition) is 2. The van der Waals surface area contributed by atoms with Crippen LogP contribution in [0.4, 0.5) is 34.1 Å². The zero-order valence-corrected chi connectivity index (χ0v) is 24.3. The number of nitro groups is 4. The topological polar surface area (TPSA) is 221 Å². The van der Waals surface area contributed by atoms with E-state index < -0.39 is 42.4 Å². The van der Waals surface area contributed by atoms with Gasteiger partial charge >= 0.3 is 11.4 Å². The number of nitrogens with one attached hydrogen (secondary N) is 2. The van der Waals surface area contributed by atoms with Crippen LogP contribution in [-0.2, 0) is 0 Å². The second-order valence-electron chi connectivity index (χ2n) is 9.20. The van der Waals surface area contributed by atoms with E-state index in [9.17, 15) is 40.5 Å². The molecule has 228 valence electrons. The molecule has 0 radical (unpaired) electrons. The molecule has 0 saturated carbocycles. The Morgan fingerprint density at radius 3 is 1.22 bits per heavy atom. The first-order valence-electron chi connectivity index (χ1n) is 12.8. The van der Waals surface area contributed by atoms with Gasteiger partial charge in [-0.1, -0.05) is 36.0 Å². The molecule has 0 aliphatic carbocycles. The van der Waals surface area contributed by atoms with Crippen molar-refractivity contribution >= 4 is 57.3 Å². The molecule has 45 heavy (non-hydrogen) atoms. The zero-order chi connectivity index (χ0) is 32.7. The van der Waals surface area contributed by atoms with Gasteiger partial charge in [0, 0.05) is 21.9 Å². The number of rotatable bonds is 12. The molecule has 2 N–H and O–H groups in total. The normalized spacial score (nSPS) is 11.5. The van der Waals surface area contributed by atoms with Crippen molar-refractivity contribution in [3.63, 3.8) is 0 Å². The Bertz CT molecular complexity index is 1730. The van der Waals surface area contributed by atoms with Gasteiger partial charge in [0.15, 0.2) is 0 Å². The Balaban J connectivity index is 1.39. The van der Waals surface area contributed by atoms with Crippen LogP contribution in [0.2, 0.25) is 0 Å². The van der Waals surface area contributed by atoms with Gasteiger partial charge in [-0.2, -0.15) is 10.2 Å². The van der Waals surface area contributed by atoms with E-state index >= 15 is 0 Å². The van der Waals surface area contributed by atoms with E-state index in [4.69, 9.17) is 0 Å². The van der Waals surface area contributed by atoms with Crippen LogP contribution in [0, 0.1) is 40.5 Å². The number of benzene rings is 4. The lowest BCUT2D eigenvalue weighted by Gasteiger charge is -2.07. The first kappa shape index (κ1) is 31.7. The maximum atomic E-state index is 11.3. The van der Waals surface area contributed by atoms with Gasteiger partial charge in [0.05, 0.1) is 43.2 Å². The maximum Gasteiger partial charge on any atom is 0.301 e. The van der Waals surface area contributed by atoms with Crippen LogP contribution < -0.4 is 10.9 Å². The standard InChI is InChI=1S/C28H22N8O8S/c1-17(29-31-25-13-7-21(33(37)38)15-27(25)35(41)42)19-3-9-23(10-4-19)45-24-11-5-20(6-12-24)18(2)30-32-26-14-8-22(34(39)40)16-28(26)36(43)44/h3-16,31-32H,1-2H3/b29-17-,30-18?. The van der Waals surface area contributed by atoms with E-state index in [1.54, 1.807) is 13.8 Å². The molecular weight excluding hydrogens is 608 g/mol. The van der Waals surface area contributed by atoms with Crippen molar-refractivity contribution in [1.29, 1.82) is 0 Å². The number of nitrogens with zero attached hydrogens (tertiary/aromatic N) is 6. The Hall–Kier alpha value is -6.23. The average molecular weight is 631 g/mol. The highest BCUT2D eigenvalue weighted by Gasteiger charge is 2.20. The summed E-state index contributed by atoms with van der Waals surface area (Å²) < 4.78 is 0. The fourth-order valence-corrected chi connectivity index (χ4v) is 4.66. The highest BCUT2D eigenvalue weighted by molar-refractivity contribution is 7.99. The van der Waals surface area contributed by atoms with E-state index in [0.29, 0.717) is 11.4 Å². The SMILES string of the molecule is CC(=NNc1ccc([N+](=O)[O-])cc1[N+](=O)[O-])c1ccc(Sc2ccc(/C(C)=N\Nc3ccc([N+](=O)[O-])cc3[N+](=O)[O-])cc2)cc1. The summed E-state index contributed by atoms with van der Waals surface area (Å²) in [5.41, 5.74) is 6.09. The molecule has 0 amide bonds. The van der Waals surface area contributed by atoms with Crippen LogP contribution in [0.5, 0.6) is 0 Å². The van der Waals surface area contributed by atoms with Gasteiger partial charge in [-0.3, -0.25) is 51.3 Å². The molecule has 4 aromatic carbocycles. The van der Waals surface area contributed by atoms with E-state index in [2.05, 4.69) is 21.1 Å². The van der Waals surface area contributed by atoms with Crippen molar-refractivity contribution in [2.75, 3.05) is 10.9 Å². The van der Waals surface area contributed by atoms with Gasteiger partial charge in [0.2, 0.25) is 0 Å². The molecule has 0 unspecified atom stereocenters. The summed E-state index contributed by atoms with van der Waals surface area (Å²) in [6.45, 7) is 3.42. The maximum absolute atomic E-state index is 11.3. The molecule has 0 fully saturated rings. The van der Waals surface area contributed by atoms with Crippen molar-refractivity contribution < 1.29 is 19.7 Å². The number of hydrazone groups is 2. The smallest absolute Gasteiger partial charge is 0.271 e. The summed E-state index contributed by atoms with van der Waals surface area (Å²) in [5.74, 6) is 0. The lowest BCUT2D eigenvalue weighted by atomic mass is 10.1. The van der Waals surface area contributed by atoms with E-state index in [1.165, 1.54) is 23.9 Å². The lowest BCUT2D eigenvalue weighted by Crippen LogP contribution is -2.02. The molecule has 0 aliphatic heterocycles. The van der Waals surface area contributed by atoms with Gasteiger partial charge in [-0.25, -0.2) is 0 Å². The van der Waals surface area contributed by atoms with Crippen LogP contribution in [0.25, 0.3) is 0 Å². The van der Waals surface area contributed by atoms with E-state index in [-0.39, 0.29) is 11.4 Å². The molecule has 0 aliphatic rings. The minimum absolute atomic E-state index is 0.0179. The first-order valence-corrected chi connectivity index (χ1v) is 13.6.